The van der Waals surface area contributed by atoms with E-state index in [1.54, 1.807) is 6.07 Å². The van der Waals surface area contributed by atoms with Crippen LogP contribution in [0.25, 0.3) is 0 Å². The first-order chi connectivity index (χ1) is 5.25. The van der Waals surface area contributed by atoms with Crippen LogP contribution in [0, 0.1) is 0 Å². The summed E-state index contributed by atoms with van der Waals surface area (Å²) in [5, 5.41) is 8.63. The standard InChI is InChI=1S/C8H8O3/c1-2-7(8(9)10)6-3-4-11-5-6/h2-5,7H,1H2,(H,9,10). The number of hydrogen-bond acceptors (Lipinski definition) is 2. The van der Waals surface area contributed by atoms with Gasteiger partial charge in [0, 0.05) is 5.56 Å². The van der Waals surface area contributed by atoms with Crippen molar-refractivity contribution in [1.29, 1.82) is 0 Å². The zero-order valence-corrected chi connectivity index (χ0v) is 5.86. The van der Waals surface area contributed by atoms with Crippen LogP contribution in [0.15, 0.2) is 35.7 Å². The number of carboxylic acids is 1. The summed E-state index contributed by atoms with van der Waals surface area (Å²) in [5.74, 6) is -1.57. The van der Waals surface area contributed by atoms with Crippen molar-refractivity contribution in [3.63, 3.8) is 0 Å². The molecule has 58 valence electrons. The molecule has 0 fully saturated rings. The van der Waals surface area contributed by atoms with Gasteiger partial charge in [-0.15, -0.1) is 6.58 Å². The van der Waals surface area contributed by atoms with Crippen LogP contribution >= 0.6 is 0 Å². The van der Waals surface area contributed by atoms with Crippen LogP contribution in [-0.2, 0) is 4.79 Å². The summed E-state index contributed by atoms with van der Waals surface area (Å²) in [5.41, 5.74) is 0.618. The molecule has 0 saturated carbocycles. The molecule has 0 aliphatic carbocycles. The Hall–Kier alpha value is -1.51. The first-order valence-corrected chi connectivity index (χ1v) is 3.13. The molecule has 1 rings (SSSR count). The van der Waals surface area contributed by atoms with Gasteiger partial charge in [-0.2, -0.15) is 0 Å². The summed E-state index contributed by atoms with van der Waals surface area (Å²) in [6, 6.07) is 1.61. The van der Waals surface area contributed by atoms with Gasteiger partial charge in [0.15, 0.2) is 0 Å². The van der Waals surface area contributed by atoms with E-state index in [0.717, 1.165) is 0 Å². The lowest BCUT2D eigenvalue weighted by Crippen LogP contribution is -2.07. The van der Waals surface area contributed by atoms with Crippen molar-refractivity contribution < 1.29 is 14.3 Å². The molecule has 11 heavy (non-hydrogen) atoms. The zero-order valence-electron chi connectivity index (χ0n) is 5.86. The number of furan rings is 1. The Bertz CT molecular complexity index is 248. The van der Waals surface area contributed by atoms with Crippen LogP contribution in [0.3, 0.4) is 0 Å². The van der Waals surface area contributed by atoms with E-state index in [1.165, 1.54) is 18.6 Å². The van der Waals surface area contributed by atoms with E-state index in [-0.39, 0.29) is 0 Å². The molecule has 0 spiro atoms. The van der Waals surface area contributed by atoms with E-state index in [1.807, 2.05) is 0 Å². The first kappa shape index (κ1) is 7.60. The van der Waals surface area contributed by atoms with Crippen LogP contribution in [0.2, 0.25) is 0 Å². The zero-order chi connectivity index (χ0) is 8.27. The fourth-order valence-corrected chi connectivity index (χ4v) is 0.831. The van der Waals surface area contributed by atoms with Gasteiger partial charge in [-0.3, -0.25) is 4.79 Å². The maximum absolute atomic E-state index is 10.5. The van der Waals surface area contributed by atoms with Crippen molar-refractivity contribution >= 4 is 5.97 Å². The maximum atomic E-state index is 10.5. The number of hydrogen-bond donors (Lipinski definition) is 1. The van der Waals surface area contributed by atoms with Crippen LogP contribution < -0.4 is 0 Å². The molecule has 1 unspecified atom stereocenters. The predicted octanol–water partition coefficient (Wildman–Crippen LogP) is 1.63. The molecule has 0 aliphatic rings. The molecule has 1 heterocycles. The van der Waals surface area contributed by atoms with E-state index < -0.39 is 11.9 Å². The molecule has 0 amide bonds. The smallest absolute Gasteiger partial charge is 0.314 e. The summed E-state index contributed by atoms with van der Waals surface area (Å²) in [7, 11) is 0. The highest BCUT2D eigenvalue weighted by Crippen LogP contribution is 2.16. The van der Waals surface area contributed by atoms with Crippen molar-refractivity contribution in [3.05, 3.63) is 36.8 Å². The van der Waals surface area contributed by atoms with Crippen molar-refractivity contribution in [1.82, 2.24) is 0 Å². The largest absolute Gasteiger partial charge is 0.481 e. The highest BCUT2D eigenvalue weighted by Gasteiger charge is 2.15. The molecule has 3 heteroatoms. The van der Waals surface area contributed by atoms with Crippen LogP contribution in [0.1, 0.15) is 11.5 Å². The normalized spacial score (nSPS) is 12.4. The second-order valence-electron chi connectivity index (χ2n) is 2.11. The van der Waals surface area contributed by atoms with E-state index in [0.29, 0.717) is 5.56 Å². The Labute approximate surface area is 64.0 Å². The molecule has 1 aromatic rings. The summed E-state index contributed by atoms with van der Waals surface area (Å²) in [4.78, 5) is 10.5. The van der Waals surface area contributed by atoms with Crippen LogP contribution in [-0.4, -0.2) is 11.1 Å². The number of aliphatic carboxylic acids is 1. The molecule has 0 bridgehead atoms. The lowest BCUT2D eigenvalue weighted by molar-refractivity contribution is -0.137. The van der Waals surface area contributed by atoms with Crippen LogP contribution in [0.4, 0.5) is 0 Å². The molecule has 0 aliphatic heterocycles. The highest BCUT2D eigenvalue weighted by atomic mass is 16.4. The molecule has 3 nitrogen and oxygen atoms in total. The van der Waals surface area contributed by atoms with Gasteiger partial charge in [0.25, 0.3) is 0 Å². The van der Waals surface area contributed by atoms with Gasteiger partial charge < -0.3 is 9.52 Å². The molecule has 1 atom stereocenters. The Kier molecular flexibility index (Phi) is 2.11. The topological polar surface area (TPSA) is 50.4 Å². The van der Waals surface area contributed by atoms with Crippen molar-refractivity contribution in [2.75, 3.05) is 0 Å². The molecule has 1 N–H and O–H groups in total. The SMILES string of the molecule is C=CC(C(=O)O)c1ccoc1. The van der Waals surface area contributed by atoms with E-state index >= 15 is 0 Å². The molecule has 0 saturated heterocycles. The number of carboxylic acid groups (broad SMARTS) is 1. The van der Waals surface area contributed by atoms with Crippen molar-refractivity contribution in [2.24, 2.45) is 0 Å². The van der Waals surface area contributed by atoms with Crippen molar-refractivity contribution in [3.8, 4) is 0 Å². The van der Waals surface area contributed by atoms with Gasteiger partial charge in [-0.25, -0.2) is 0 Å². The average Bonchev–Trinajstić information content (AvgIpc) is 2.40. The van der Waals surface area contributed by atoms with Gasteiger partial charge in [-0.05, 0) is 6.07 Å². The maximum Gasteiger partial charge on any atom is 0.314 e. The Morgan fingerprint density at radius 1 is 1.82 bits per heavy atom. The Morgan fingerprint density at radius 2 is 2.55 bits per heavy atom. The van der Waals surface area contributed by atoms with Gasteiger partial charge in [0.1, 0.15) is 5.92 Å². The van der Waals surface area contributed by atoms with E-state index in [2.05, 4.69) is 6.58 Å². The summed E-state index contributed by atoms with van der Waals surface area (Å²) in [6.07, 6.45) is 4.21. The quantitative estimate of drug-likeness (QED) is 0.669. The van der Waals surface area contributed by atoms with Crippen LogP contribution in [0.5, 0.6) is 0 Å². The number of carbonyl (C=O) groups is 1. The van der Waals surface area contributed by atoms with Crippen molar-refractivity contribution in [2.45, 2.75) is 5.92 Å². The second-order valence-corrected chi connectivity index (χ2v) is 2.11. The van der Waals surface area contributed by atoms with Gasteiger partial charge in [-0.1, -0.05) is 6.08 Å². The summed E-state index contributed by atoms with van der Waals surface area (Å²) >= 11 is 0. The minimum Gasteiger partial charge on any atom is -0.481 e. The second kappa shape index (κ2) is 3.05. The predicted molar refractivity (Wildman–Crippen MR) is 39.3 cm³/mol. The first-order valence-electron chi connectivity index (χ1n) is 3.13. The monoisotopic (exact) mass is 152 g/mol. The van der Waals surface area contributed by atoms with E-state index in [4.69, 9.17) is 9.52 Å². The molecular formula is C8H8O3. The molecule has 0 radical (unpaired) electrons. The summed E-state index contributed by atoms with van der Waals surface area (Å²) in [6.45, 7) is 3.42. The number of rotatable bonds is 3. The molecule has 0 aromatic carbocycles. The average molecular weight is 152 g/mol. The Balaban J connectivity index is 2.88. The lowest BCUT2D eigenvalue weighted by atomic mass is 10.0. The van der Waals surface area contributed by atoms with Gasteiger partial charge in [0.05, 0.1) is 12.5 Å². The van der Waals surface area contributed by atoms with Gasteiger partial charge >= 0.3 is 5.97 Å². The third kappa shape index (κ3) is 1.49. The lowest BCUT2D eigenvalue weighted by Gasteiger charge is -2.01. The third-order valence-corrected chi connectivity index (χ3v) is 1.40. The minimum absolute atomic E-state index is 0.618. The molecule has 1 aromatic heterocycles. The minimum atomic E-state index is -0.915. The van der Waals surface area contributed by atoms with E-state index in [9.17, 15) is 4.79 Å². The van der Waals surface area contributed by atoms with Gasteiger partial charge in [0.2, 0.25) is 0 Å². The summed E-state index contributed by atoms with van der Waals surface area (Å²) < 4.78 is 4.74. The highest BCUT2D eigenvalue weighted by molar-refractivity contribution is 5.78. The fourth-order valence-electron chi connectivity index (χ4n) is 0.831. The third-order valence-electron chi connectivity index (χ3n) is 1.40. The molecular weight excluding hydrogens is 144 g/mol. The fraction of sp³-hybridized carbons (Fsp3) is 0.125. The Morgan fingerprint density at radius 3 is 2.91 bits per heavy atom.